The lowest BCUT2D eigenvalue weighted by Crippen LogP contribution is -2.20. The second-order valence-corrected chi connectivity index (χ2v) is 12.5. The summed E-state index contributed by atoms with van der Waals surface area (Å²) in [6.45, 7) is 16.4. The Morgan fingerprint density at radius 2 is 1.14 bits per heavy atom. The summed E-state index contributed by atoms with van der Waals surface area (Å²) in [5.74, 6) is -0.0433. The lowest BCUT2D eigenvalue weighted by Gasteiger charge is -2.32. The molecule has 0 aromatic heterocycles. The summed E-state index contributed by atoms with van der Waals surface area (Å²) in [5, 5.41) is 42.2. The van der Waals surface area contributed by atoms with Crippen LogP contribution in [-0.2, 0) is 22.5 Å². The summed E-state index contributed by atoms with van der Waals surface area (Å²) in [6, 6.07) is 5.87. The van der Waals surface area contributed by atoms with E-state index in [4.69, 9.17) is 9.68 Å². The van der Waals surface area contributed by atoms with Gasteiger partial charge in [0.05, 0.1) is 0 Å². The van der Waals surface area contributed by atoms with Crippen LogP contribution in [0, 0.1) is 16.7 Å². The van der Waals surface area contributed by atoms with Gasteiger partial charge in [0.1, 0.15) is 27.9 Å². The van der Waals surface area contributed by atoms with Gasteiger partial charge in [-0.15, -0.1) is 0 Å². The predicted molar refractivity (Wildman–Crippen MR) is 171 cm³/mol. The van der Waals surface area contributed by atoms with E-state index in [1.165, 1.54) is 23.3 Å². The van der Waals surface area contributed by atoms with E-state index in [-0.39, 0.29) is 77.8 Å². The van der Waals surface area contributed by atoms with Crippen molar-refractivity contribution in [2.75, 3.05) is 13.2 Å². The first-order valence-corrected chi connectivity index (χ1v) is 15.3. The Balaban J connectivity index is 1.42. The van der Waals surface area contributed by atoms with Gasteiger partial charge in [-0.05, 0) is 88.5 Å². The van der Waals surface area contributed by atoms with E-state index >= 15 is 0 Å². The minimum Gasteiger partial charge on any atom is -0.508 e. The number of benzene rings is 2. The van der Waals surface area contributed by atoms with Gasteiger partial charge >= 0.3 is 5.09 Å². The number of aromatic hydroxyl groups is 4. The SMILES string of the molecule is C=C(C)[C@H]1CCC(C)=C[C@@H]1c1c(O)cc(O)cc1CCO[N+](=O)OCCc1cc(O)cc(O)c1[C@H]1C=C(C)CC[C@@H]1C(=C)C. The Morgan fingerprint density at radius 3 is 1.50 bits per heavy atom. The monoisotopic (exact) mass is 604 g/mol. The van der Waals surface area contributed by atoms with Gasteiger partial charge in [-0.1, -0.05) is 47.6 Å². The first-order chi connectivity index (χ1) is 20.8. The maximum absolute atomic E-state index is 12.5. The van der Waals surface area contributed by atoms with Gasteiger partial charge in [0.2, 0.25) is 0 Å². The molecule has 2 aromatic rings. The van der Waals surface area contributed by atoms with Crippen LogP contribution in [0.2, 0.25) is 0 Å². The molecule has 44 heavy (non-hydrogen) atoms. The fourth-order valence-corrected chi connectivity index (χ4v) is 6.85. The fraction of sp³-hybridized carbons (Fsp3) is 0.444. The summed E-state index contributed by atoms with van der Waals surface area (Å²) in [4.78, 5) is 23.1. The van der Waals surface area contributed by atoms with Gasteiger partial charge in [-0.3, -0.25) is 0 Å². The Bertz CT molecular complexity index is 1380. The molecule has 236 valence electrons. The number of hydrogen-bond acceptors (Lipinski definition) is 7. The van der Waals surface area contributed by atoms with Crippen molar-refractivity contribution >= 4 is 0 Å². The quantitative estimate of drug-likeness (QED) is 0.143. The van der Waals surface area contributed by atoms with E-state index in [1.54, 1.807) is 12.1 Å². The first kappa shape index (κ1) is 32.7. The molecule has 2 aromatic carbocycles. The molecule has 0 unspecified atom stereocenters. The first-order valence-electron chi connectivity index (χ1n) is 15.3. The maximum atomic E-state index is 12.5. The molecule has 0 bridgehead atoms. The van der Waals surface area contributed by atoms with Crippen LogP contribution >= 0.6 is 0 Å². The van der Waals surface area contributed by atoms with Crippen molar-refractivity contribution in [2.24, 2.45) is 11.8 Å². The highest BCUT2D eigenvalue weighted by Crippen LogP contribution is 2.46. The van der Waals surface area contributed by atoms with Crippen LogP contribution in [0.1, 0.15) is 87.5 Å². The van der Waals surface area contributed by atoms with Crippen molar-refractivity contribution in [3.63, 3.8) is 0 Å². The zero-order valence-corrected chi connectivity index (χ0v) is 26.3. The molecule has 4 atom stereocenters. The normalized spacial score (nSPS) is 21.6. The van der Waals surface area contributed by atoms with Crippen LogP contribution in [0.25, 0.3) is 0 Å². The number of nitrogens with zero attached hydrogens (tertiary/aromatic N) is 1. The summed E-state index contributed by atoms with van der Waals surface area (Å²) >= 11 is 0. The van der Waals surface area contributed by atoms with Crippen molar-refractivity contribution in [3.05, 3.63) is 99.0 Å². The van der Waals surface area contributed by atoms with E-state index in [0.717, 1.165) is 36.8 Å². The van der Waals surface area contributed by atoms with Crippen molar-refractivity contribution in [1.29, 1.82) is 0 Å². The summed E-state index contributed by atoms with van der Waals surface area (Å²) in [5.41, 5.74) is 7.28. The predicted octanol–water partition coefficient (Wildman–Crippen LogP) is 7.97. The van der Waals surface area contributed by atoms with Gasteiger partial charge in [-0.25, -0.2) is 0 Å². The van der Waals surface area contributed by atoms with Crippen LogP contribution in [0.3, 0.4) is 0 Å². The number of phenolic OH excluding ortho intramolecular Hbond substituents is 4. The molecule has 0 aliphatic heterocycles. The second kappa shape index (κ2) is 14.1. The highest BCUT2D eigenvalue weighted by atomic mass is 17.0. The van der Waals surface area contributed by atoms with Crippen LogP contribution in [0.5, 0.6) is 23.0 Å². The number of rotatable bonds is 12. The van der Waals surface area contributed by atoms with Crippen molar-refractivity contribution in [2.45, 2.75) is 78.1 Å². The maximum Gasteiger partial charge on any atom is 0.477 e. The third-order valence-corrected chi connectivity index (χ3v) is 9.02. The Kier molecular flexibility index (Phi) is 10.4. The smallest absolute Gasteiger partial charge is 0.477 e. The third kappa shape index (κ3) is 7.65. The highest BCUT2D eigenvalue weighted by molar-refractivity contribution is 5.51. The fourth-order valence-electron chi connectivity index (χ4n) is 6.85. The van der Waals surface area contributed by atoms with Crippen molar-refractivity contribution in [1.82, 2.24) is 0 Å². The number of hydrogen-bond donors (Lipinski definition) is 4. The molecule has 0 saturated heterocycles. The molecule has 0 heterocycles. The Labute approximate surface area is 260 Å². The van der Waals surface area contributed by atoms with Gasteiger partial charge in [0, 0.05) is 47.9 Å². The average molecular weight is 605 g/mol. The molecule has 8 nitrogen and oxygen atoms in total. The van der Waals surface area contributed by atoms with Crippen LogP contribution in [-0.4, -0.2) is 38.7 Å². The molecule has 8 heteroatoms. The molecule has 0 amide bonds. The standard InChI is InChI=1S/C36H45NO7/c1-21(2)29-9-7-23(5)15-31(29)35-25(17-27(38)19-33(35)40)11-13-43-37(42)44-14-12-26-18-28(39)20-34(41)36(26)32-16-24(6)8-10-30(32)22(3)4/h15-20,29-32H,1,3,7-14H2,2,4-6H3,(H3-,38,39,40,41)/p+1/t29-,30-,31+,32+/m1/s1. The van der Waals surface area contributed by atoms with Gasteiger partial charge in [0.15, 0.2) is 13.2 Å². The summed E-state index contributed by atoms with van der Waals surface area (Å²) < 4.78 is 0. The third-order valence-electron chi connectivity index (χ3n) is 9.02. The lowest BCUT2D eigenvalue weighted by molar-refractivity contribution is -0.981. The lowest BCUT2D eigenvalue weighted by atomic mass is 9.72. The Hall–Kier alpha value is -4.20. The van der Waals surface area contributed by atoms with Crippen LogP contribution in [0.15, 0.2) is 71.9 Å². The molecular weight excluding hydrogens is 558 g/mol. The number of phenols is 4. The van der Waals surface area contributed by atoms with Crippen molar-refractivity contribution in [3.8, 4) is 23.0 Å². The van der Waals surface area contributed by atoms with Crippen molar-refractivity contribution < 1.29 is 35.2 Å². The molecule has 0 fully saturated rings. The van der Waals surface area contributed by atoms with Crippen LogP contribution < -0.4 is 0 Å². The zero-order valence-electron chi connectivity index (χ0n) is 26.3. The Morgan fingerprint density at radius 1 is 0.750 bits per heavy atom. The molecule has 2 aliphatic rings. The minimum absolute atomic E-state index is 0.000471. The molecular formula is C36H46NO7+. The summed E-state index contributed by atoms with van der Waals surface area (Å²) in [6.07, 6.45) is 8.58. The molecule has 0 radical (unpaired) electrons. The largest absolute Gasteiger partial charge is 0.508 e. The van der Waals surface area contributed by atoms with E-state index in [2.05, 4.69) is 39.2 Å². The molecule has 4 rings (SSSR count). The molecule has 0 saturated carbocycles. The molecule has 0 spiro atoms. The van der Waals surface area contributed by atoms with E-state index < -0.39 is 0 Å². The number of allylic oxidation sites excluding steroid dienone is 6. The topological polar surface area (TPSA) is 119 Å². The zero-order chi connectivity index (χ0) is 32.1. The molecule has 2 aliphatic carbocycles. The average Bonchev–Trinajstić information content (AvgIpc) is 2.92. The highest BCUT2D eigenvalue weighted by Gasteiger charge is 2.32. The van der Waals surface area contributed by atoms with Gasteiger partial charge in [-0.2, -0.15) is 9.68 Å². The van der Waals surface area contributed by atoms with Gasteiger partial charge in [0.25, 0.3) is 0 Å². The van der Waals surface area contributed by atoms with E-state index in [9.17, 15) is 25.3 Å². The molecule has 4 N–H and O–H groups in total. The second-order valence-electron chi connectivity index (χ2n) is 12.5. The minimum atomic E-state index is -0.100. The van der Waals surface area contributed by atoms with E-state index in [0.29, 0.717) is 22.3 Å². The van der Waals surface area contributed by atoms with Crippen LogP contribution in [0.4, 0.5) is 0 Å². The summed E-state index contributed by atoms with van der Waals surface area (Å²) in [7, 11) is 0. The van der Waals surface area contributed by atoms with Gasteiger partial charge < -0.3 is 20.4 Å². The van der Waals surface area contributed by atoms with E-state index in [1.807, 2.05) is 13.8 Å².